The van der Waals surface area contributed by atoms with E-state index in [0.29, 0.717) is 0 Å². The number of rotatable bonds is 2. The van der Waals surface area contributed by atoms with Gasteiger partial charge in [0.2, 0.25) is 0 Å². The molecule has 0 N–H and O–H groups in total. The molecule has 17 heavy (non-hydrogen) atoms. The zero-order valence-electron chi connectivity index (χ0n) is 8.28. The molecule has 6 heteroatoms. The second-order valence-corrected chi connectivity index (χ2v) is 3.06. The van der Waals surface area contributed by atoms with Crippen LogP contribution in [0.25, 0.3) is 5.76 Å². The van der Waals surface area contributed by atoms with Crippen molar-refractivity contribution in [2.24, 2.45) is 0 Å². The third-order valence-electron chi connectivity index (χ3n) is 1.84. The van der Waals surface area contributed by atoms with Gasteiger partial charge in [0.15, 0.2) is 0 Å². The van der Waals surface area contributed by atoms with Crippen LogP contribution in [0.4, 0.5) is 13.2 Å². The molecule has 0 atom stereocenters. The molecule has 0 bridgehead atoms. The number of benzene rings is 1. The zero-order valence-corrected chi connectivity index (χ0v) is 8.28. The average molecular weight is 240 g/mol. The highest BCUT2D eigenvalue weighted by Gasteiger charge is 2.36. The molecule has 0 radical (unpaired) electrons. The van der Waals surface area contributed by atoms with Crippen LogP contribution in [0.1, 0.15) is 11.1 Å². The van der Waals surface area contributed by atoms with Crippen molar-refractivity contribution in [3.63, 3.8) is 0 Å². The largest absolute Gasteiger partial charge is 0.872 e. The Morgan fingerprint density at radius 2 is 1.82 bits per heavy atom. The number of nitrogens with zero attached hydrogens (tertiary/aromatic N) is 1. The number of halogens is 3. The van der Waals surface area contributed by atoms with Crippen molar-refractivity contribution in [1.29, 1.82) is 5.26 Å². The summed E-state index contributed by atoms with van der Waals surface area (Å²) in [6.07, 6.45) is -5.07. The van der Waals surface area contributed by atoms with Crippen molar-refractivity contribution >= 4 is 11.5 Å². The topological polar surface area (TPSA) is 63.9 Å². The number of carbonyl (C=O) groups is 1. The summed E-state index contributed by atoms with van der Waals surface area (Å²) >= 11 is 0. The van der Waals surface area contributed by atoms with E-state index in [1.165, 1.54) is 24.3 Å². The minimum Gasteiger partial charge on any atom is -0.872 e. The first-order valence-corrected chi connectivity index (χ1v) is 4.35. The van der Waals surface area contributed by atoms with Crippen molar-refractivity contribution in [3.05, 3.63) is 41.5 Å². The van der Waals surface area contributed by atoms with Crippen LogP contribution >= 0.6 is 0 Å². The Hall–Kier alpha value is -2.29. The molecular weight excluding hydrogens is 235 g/mol. The molecule has 0 aromatic heterocycles. The Bertz CT molecular complexity index is 495. The molecule has 0 aliphatic heterocycles. The maximum atomic E-state index is 11.9. The number of ketones is 1. The molecule has 1 aromatic carbocycles. The van der Waals surface area contributed by atoms with Gasteiger partial charge < -0.3 is 5.11 Å². The van der Waals surface area contributed by atoms with Gasteiger partial charge in [-0.05, 0) is 23.8 Å². The van der Waals surface area contributed by atoms with E-state index in [1.807, 2.05) is 0 Å². The normalized spacial score (nSPS) is 12.0. The van der Waals surface area contributed by atoms with Crippen LogP contribution in [0.5, 0.6) is 0 Å². The lowest BCUT2D eigenvalue weighted by atomic mass is 10.1. The Kier molecular flexibility index (Phi) is 3.53. The Balaban J connectivity index is 2.97. The van der Waals surface area contributed by atoms with Crippen LogP contribution in [0.2, 0.25) is 0 Å². The number of carbonyl (C=O) groups excluding carboxylic acids is 1. The SMILES string of the molecule is N#Cc1ccc(/C([O-])=C/C(=O)C(F)(F)F)cc1. The summed E-state index contributed by atoms with van der Waals surface area (Å²) in [7, 11) is 0. The molecular formula is C11H5F3NO2-. The fraction of sp³-hybridized carbons (Fsp3) is 0.0909. The molecule has 0 fully saturated rings. The summed E-state index contributed by atoms with van der Waals surface area (Å²) in [4.78, 5) is 10.5. The highest BCUT2D eigenvalue weighted by Crippen LogP contribution is 2.19. The number of allylic oxidation sites excluding steroid dienone is 1. The van der Waals surface area contributed by atoms with E-state index in [9.17, 15) is 23.1 Å². The van der Waals surface area contributed by atoms with E-state index in [0.717, 1.165) is 0 Å². The number of hydrogen-bond donors (Lipinski definition) is 0. The quantitative estimate of drug-likeness (QED) is 0.579. The van der Waals surface area contributed by atoms with Crippen LogP contribution < -0.4 is 5.11 Å². The average Bonchev–Trinajstić information content (AvgIpc) is 2.27. The first-order valence-electron chi connectivity index (χ1n) is 4.35. The van der Waals surface area contributed by atoms with Crippen molar-refractivity contribution < 1.29 is 23.1 Å². The lowest BCUT2D eigenvalue weighted by Gasteiger charge is -2.12. The molecule has 3 nitrogen and oxygen atoms in total. The van der Waals surface area contributed by atoms with Crippen LogP contribution in [-0.2, 0) is 4.79 Å². The first kappa shape index (κ1) is 12.8. The van der Waals surface area contributed by atoms with Crippen molar-refractivity contribution in [1.82, 2.24) is 0 Å². The molecule has 0 saturated heterocycles. The summed E-state index contributed by atoms with van der Waals surface area (Å²) in [6.45, 7) is 0. The van der Waals surface area contributed by atoms with E-state index >= 15 is 0 Å². The summed E-state index contributed by atoms with van der Waals surface area (Å²) in [5.74, 6) is -3.25. The van der Waals surface area contributed by atoms with Gasteiger partial charge in [-0.15, -0.1) is 0 Å². The summed E-state index contributed by atoms with van der Waals surface area (Å²) in [5, 5.41) is 19.7. The summed E-state index contributed by atoms with van der Waals surface area (Å²) in [5.41, 5.74) is 0.185. The van der Waals surface area contributed by atoms with Gasteiger partial charge in [-0.3, -0.25) is 4.79 Å². The predicted octanol–water partition coefficient (Wildman–Crippen LogP) is 1.39. The van der Waals surface area contributed by atoms with Gasteiger partial charge >= 0.3 is 6.18 Å². The smallest absolute Gasteiger partial charge is 0.454 e. The Labute approximate surface area is 94.4 Å². The standard InChI is InChI=1S/C11H6F3NO2/c12-11(13,14)10(17)5-9(16)8-3-1-7(6-15)2-4-8/h1-5,16H/p-1/b9-5-. The maximum Gasteiger partial charge on any atom is 0.454 e. The molecule has 0 aliphatic rings. The molecule has 0 aliphatic carbocycles. The van der Waals surface area contributed by atoms with E-state index in [2.05, 4.69) is 0 Å². The van der Waals surface area contributed by atoms with Gasteiger partial charge in [0.25, 0.3) is 5.78 Å². The van der Waals surface area contributed by atoms with Gasteiger partial charge in [0.1, 0.15) is 0 Å². The second kappa shape index (κ2) is 4.70. The van der Waals surface area contributed by atoms with Crippen LogP contribution in [0, 0.1) is 11.3 Å². The highest BCUT2D eigenvalue weighted by molar-refractivity contribution is 5.98. The zero-order chi connectivity index (χ0) is 13.1. The number of alkyl halides is 3. The minimum absolute atomic E-state index is 0.0125. The van der Waals surface area contributed by atoms with E-state index in [-0.39, 0.29) is 17.2 Å². The molecule has 0 spiro atoms. The lowest BCUT2D eigenvalue weighted by molar-refractivity contribution is -0.244. The highest BCUT2D eigenvalue weighted by atomic mass is 19.4. The molecule has 1 rings (SSSR count). The fourth-order valence-corrected chi connectivity index (χ4v) is 0.993. The summed E-state index contributed by atoms with van der Waals surface area (Å²) in [6, 6.07) is 6.71. The fourth-order valence-electron chi connectivity index (χ4n) is 0.993. The monoisotopic (exact) mass is 240 g/mol. The predicted molar refractivity (Wildman–Crippen MR) is 50.2 cm³/mol. The Morgan fingerprint density at radius 1 is 1.29 bits per heavy atom. The van der Waals surface area contributed by atoms with Gasteiger partial charge in [-0.1, -0.05) is 17.9 Å². The van der Waals surface area contributed by atoms with E-state index in [4.69, 9.17) is 5.26 Å². The van der Waals surface area contributed by atoms with Crippen LogP contribution in [0.15, 0.2) is 30.3 Å². The van der Waals surface area contributed by atoms with E-state index < -0.39 is 17.7 Å². The Morgan fingerprint density at radius 3 is 2.24 bits per heavy atom. The van der Waals surface area contributed by atoms with Crippen LogP contribution in [-0.4, -0.2) is 12.0 Å². The van der Waals surface area contributed by atoms with Crippen molar-refractivity contribution in [2.75, 3.05) is 0 Å². The number of hydrogen-bond acceptors (Lipinski definition) is 3. The van der Waals surface area contributed by atoms with Gasteiger partial charge in [-0.25, -0.2) is 0 Å². The third-order valence-corrected chi connectivity index (χ3v) is 1.84. The molecule has 0 saturated carbocycles. The second-order valence-electron chi connectivity index (χ2n) is 3.06. The molecule has 88 valence electrons. The summed E-state index contributed by atoms with van der Waals surface area (Å²) < 4.78 is 35.6. The van der Waals surface area contributed by atoms with Gasteiger partial charge in [0.05, 0.1) is 11.6 Å². The van der Waals surface area contributed by atoms with Crippen molar-refractivity contribution in [2.45, 2.75) is 6.18 Å². The molecule has 0 unspecified atom stereocenters. The van der Waals surface area contributed by atoms with Crippen molar-refractivity contribution in [3.8, 4) is 6.07 Å². The minimum atomic E-state index is -5.05. The number of nitriles is 1. The first-order chi connectivity index (χ1) is 7.84. The van der Waals surface area contributed by atoms with Gasteiger partial charge in [-0.2, -0.15) is 18.4 Å². The third kappa shape index (κ3) is 3.34. The lowest BCUT2D eigenvalue weighted by Crippen LogP contribution is -2.21. The molecule has 0 heterocycles. The maximum absolute atomic E-state index is 11.9. The van der Waals surface area contributed by atoms with E-state index in [1.54, 1.807) is 6.07 Å². The van der Waals surface area contributed by atoms with Crippen LogP contribution in [0.3, 0.4) is 0 Å². The molecule has 0 amide bonds. The molecule has 1 aromatic rings. The van der Waals surface area contributed by atoms with Gasteiger partial charge in [0, 0.05) is 0 Å².